The largest absolute Gasteiger partial charge is 0.349 e. The molecule has 0 aliphatic carbocycles. The van der Waals surface area contributed by atoms with Gasteiger partial charge in [-0.3, -0.25) is 14.7 Å². The van der Waals surface area contributed by atoms with E-state index >= 15 is 0 Å². The summed E-state index contributed by atoms with van der Waals surface area (Å²) >= 11 is 1.83. The van der Waals surface area contributed by atoms with Crippen LogP contribution in [0.1, 0.15) is 36.3 Å². The van der Waals surface area contributed by atoms with Crippen molar-refractivity contribution in [2.75, 3.05) is 13.1 Å². The summed E-state index contributed by atoms with van der Waals surface area (Å²) in [4.78, 5) is 20.3. The topological polar surface area (TPSA) is 45.2 Å². The number of aromatic nitrogens is 1. The molecule has 1 N–H and O–H groups in total. The van der Waals surface area contributed by atoms with E-state index < -0.39 is 0 Å². The van der Waals surface area contributed by atoms with Crippen molar-refractivity contribution in [3.8, 4) is 0 Å². The fourth-order valence-corrected chi connectivity index (χ4v) is 4.02. The molecule has 1 atom stereocenters. The third kappa shape index (κ3) is 5.14. The Morgan fingerprint density at radius 1 is 1.29 bits per heavy atom. The number of pyridine rings is 1. The summed E-state index contributed by atoms with van der Waals surface area (Å²) in [6.07, 6.45) is 7.71. The number of hydrogen-bond acceptors (Lipinski definition) is 4. The minimum Gasteiger partial charge on any atom is -0.349 e. The number of hydrogen-bond donors (Lipinski definition) is 1. The standard InChI is InChI=1S/C19H25N3OS/c23-19(21-14-16-6-1-3-11-20-16)15-22-12-4-2-7-17(22)9-10-18-8-5-13-24-18/h1,3,5-6,8,11,13,17H,2,4,7,9-10,12,14-15H2,(H,21,23). The van der Waals surface area contributed by atoms with Crippen LogP contribution in [0.2, 0.25) is 0 Å². The molecule has 24 heavy (non-hydrogen) atoms. The zero-order valence-corrected chi connectivity index (χ0v) is 14.8. The molecule has 1 saturated heterocycles. The van der Waals surface area contributed by atoms with Gasteiger partial charge in [0.15, 0.2) is 0 Å². The number of likely N-dealkylation sites (tertiary alicyclic amines) is 1. The first kappa shape index (κ1) is 17.1. The Bertz CT molecular complexity index is 615. The molecule has 3 rings (SSSR count). The molecule has 0 saturated carbocycles. The number of aryl methyl sites for hydroxylation is 1. The highest BCUT2D eigenvalue weighted by molar-refractivity contribution is 7.09. The van der Waals surface area contributed by atoms with Gasteiger partial charge in [-0.1, -0.05) is 18.6 Å². The molecule has 2 aromatic rings. The molecule has 1 amide bonds. The Kier molecular flexibility index (Phi) is 6.38. The van der Waals surface area contributed by atoms with Crippen LogP contribution in [-0.2, 0) is 17.8 Å². The number of thiophene rings is 1. The summed E-state index contributed by atoms with van der Waals surface area (Å²) < 4.78 is 0. The van der Waals surface area contributed by atoms with Gasteiger partial charge in [-0.2, -0.15) is 0 Å². The summed E-state index contributed by atoms with van der Waals surface area (Å²) in [5.74, 6) is 0.101. The Hall–Kier alpha value is -1.72. The maximum Gasteiger partial charge on any atom is 0.234 e. The Morgan fingerprint density at radius 3 is 3.04 bits per heavy atom. The number of piperidine rings is 1. The maximum atomic E-state index is 12.3. The molecule has 0 radical (unpaired) electrons. The van der Waals surface area contributed by atoms with Crippen molar-refractivity contribution in [2.24, 2.45) is 0 Å². The number of nitrogens with one attached hydrogen (secondary N) is 1. The van der Waals surface area contributed by atoms with Crippen molar-refractivity contribution in [3.05, 3.63) is 52.5 Å². The van der Waals surface area contributed by atoms with E-state index in [-0.39, 0.29) is 5.91 Å². The molecule has 3 heterocycles. The van der Waals surface area contributed by atoms with E-state index in [4.69, 9.17) is 0 Å². The molecule has 0 aromatic carbocycles. The van der Waals surface area contributed by atoms with Gasteiger partial charge in [0.05, 0.1) is 18.8 Å². The van der Waals surface area contributed by atoms with Crippen molar-refractivity contribution >= 4 is 17.2 Å². The number of carbonyl (C=O) groups excluding carboxylic acids is 1. The predicted octanol–water partition coefficient (Wildman–Crippen LogP) is 3.25. The quantitative estimate of drug-likeness (QED) is 0.839. The van der Waals surface area contributed by atoms with Gasteiger partial charge in [-0.15, -0.1) is 11.3 Å². The average molecular weight is 343 g/mol. The molecule has 1 fully saturated rings. The second-order valence-electron chi connectivity index (χ2n) is 6.34. The SMILES string of the molecule is O=C(CN1CCCCC1CCc1cccs1)NCc1ccccn1. The fourth-order valence-electron chi connectivity index (χ4n) is 3.29. The highest BCUT2D eigenvalue weighted by Gasteiger charge is 2.24. The smallest absolute Gasteiger partial charge is 0.234 e. The molecular formula is C19H25N3OS. The average Bonchev–Trinajstić information content (AvgIpc) is 3.14. The van der Waals surface area contributed by atoms with Crippen LogP contribution in [0.15, 0.2) is 41.9 Å². The zero-order chi connectivity index (χ0) is 16.6. The number of carbonyl (C=O) groups is 1. The van der Waals surface area contributed by atoms with Crippen molar-refractivity contribution in [1.29, 1.82) is 0 Å². The first-order chi connectivity index (χ1) is 11.8. The molecule has 0 bridgehead atoms. The minimum absolute atomic E-state index is 0.101. The third-order valence-corrected chi connectivity index (χ3v) is 5.53. The third-order valence-electron chi connectivity index (χ3n) is 4.59. The predicted molar refractivity (Wildman–Crippen MR) is 97.9 cm³/mol. The van der Waals surface area contributed by atoms with Crippen molar-refractivity contribution in [1.82, 2.24) is 15.2 Å². The number of amides is 1. The van der Waals surface area contributed by atoms with E-state index in [1.807, 2.05) is 29.5 Å². The molecule has 0 spiro atoms. The lowest BCUT2D eigenvalue weighted by atomic mass is 9.97. The summed E-state index contributed by atoms with van der Waals surface area (Å²) in [6, 6.07) is 10.6. The van der Waals surface area contributed by atoms with Crippen LogP contribution in [0.25, 0.3) is 0 Å². The van der Waals surface area contributed by atoms with Crippen LogP contribution in [0, 0.1) is 0 Å². The molecule has 2 aromatic heterocycles. The van der Waals surface area contributed by atoms with Gasteiger partial charge < -0.3 is 5.32 Å². The van der Waals surface area contributed by atoms with Crippen molar-refractivity contribution in [3.63, 3.8) is 0 Å². The summed E-state index contributed by atoms with van der Waals surface area (Å²) in [6.45, 7) is 2.04. The Balaban J connectivity index is 1.46. The van der Waals surface area contributed by atoms with Gasteiger partial charge in [0, 0.05) is 17.1 Å². The minimum atomic E-state index is 0.101. The molecule has 128 valence electrons. The van der Waals surface area contributed by atoms with Crippen LogP contribution < -0.4 is 5.32 Å². The highest BCUT2D eigenvalue weighted by Crippen LogP contribution is 2.22. The molecule has 1 unspecified atom stereocenters. The van der Waals surface area contributed by atoms with Crippen LogP contribution in [0.4, 0.5) is 0 Å². The summed E-state index contributed by atoms with van der Waals surface area (Å²) in [7, 11) is 0. The second-order valence-corrected chi connectivity index (χ2v) is 7.37. The maximum absolute atomic E-state index is 12.3. The highest BCUT2D eigenvalue weighted by atomic mass is 32.1. The normalized spacial score (nSPS) is 18.4. The molecule has 5 heteroatoms. The Morgan fingerprint density at radius 2 is 2.25 bits per heavy atom. The van der Waals surface area contributed by atoms with Crippen molar-refractivity contribution < 1.29 is 4.79 Å². The first-order valence-corrected chi connectivity index (χ1v) is 9.62. The zero-order valence-electron chi connectivity index (χ0n) is 14.0. The van der Waals surface area contributed by atoms with Crippen LogP contribution in [0.3, 0.4) is 0 Å². The monoisotopic (exact) mass is 343 g/mol. The van der Waals surface area contributed by atoms with E-state index in [9.17, 15) is 4.79 Å². The van der Waals surface area contributed by atoms with Crippen LogP contribution >= 0.6 is 11.3 Å². The summed E-state index contributed by atoms with van der Waals surface area (Å²) in [5, 5.41) is 5.13. The van der Waals surface area contributed by atoms with Gasteiger partial charge in [-0.25, -0.2) is 0 Å². The van der Waals surface area contributed by atoms with E-state index in [2.05, 4.69) is 32.7 Å². The second kappa shape index (κ2) is 8.94. The molecule has 1 aliphatic rings. The van der Waals surface area contributed by atoms with E-state index in [0.29, 0.717) is 19.1 Å². The van der Waals surface area contributed by atoms with Crippen LogP contribution in [-0.4, -0.2) is 34.9 Å². The van der Waals surface area contributed by atoms with E-state index in [1.54, 1.807) is 6.20 Å². The molecule has 1 aliphatic heterocycles. The van der Waals surface area contributed by atoms with Crippen LogP contribution in [0.5, 0.6) is 0 Å². The van der Waals surface area contributed by atoms with Gasteiger partial charge in [0.2, 0.25) is 5.91 Å². The molecule has 4 nitrogen and oxygen atoms in total. The lowest BCUT2D eigenvalue weighted by Gasteiger charge is -2.35. The molecular weight excluding hydrogens is 318 g/mol. The van der Waals surface area contributed by atoms with E-state index in [0.717, 1.165) is 25.1 Å². The number of nitrogens with zero attached hydrogens (tertiary/aromatic N) is 2. The first-order valence-electron chi connectivity index (χ1n) is 8.74. The van der Waals surface area contributed by atoms with Gasteiger partial charge >= 0.3 is 0 Å². The van der Waals surface area contributed by atoms with Gasteiger partial charge in [-0.05, 0) is 55.8 Å². The number of rotatable bonds is 7. The van der Waals surface area contributed by atoms with Gasteiger partial charge in [0.1, 0.15) is 0 Å². The van der Waals surface area contributed by atoms with Crippen molar-refractivity contribution in [2.45, 2.75) is 44.7 Å². The summed E-state index contributed by atoms with van der Waals surface area (Å²) in [5.41, 5.74) is 0.902. The van der Waals surface area contributed by atoms with E-state index in [1.165, 1.54) is 24.1 Å². The fraction of sp³-hybridized carbons (Fsp3) is 0.474. The lowest BCUT2D eigenvalue weighted by molar-refractivity contribution is -0.123. The van der Waals surface area contributed by atoms with Gasteiger partial charge in [0.25, 0.3) is 0 Å². The lowest BCUT2D eigenvalue weighted by Crippen LogP contribution is -2.45. The Labute approximate surface area is 147 Å².